The van der Waals surface area contributed by atoms with Crippen molar-refractivity contribution in [2.75, 3.05) is 19.8 Å². The highest BCUT2D eigenvalue weighted by Crippen LogP contribution is 2.40. The fourth-order valence-electron chi connectivity index (χ4n) is 9.46. The minimum Gasteiger partial charge on any atom is -0.494 e. The molecule has 0 aliphatic rings. The van der Waals surface area contributed by atoms with Crippen molar-refractivity contribution in [3.8, 4) is 35.2 Å². The zero-order valence-electron chi connectivity index (χ0n) is 46.2. The van der Waals surface area contributed by atoms with Gasteiger partial charge in [-0.05, 0) is 112 Å². The Bertz CT molecular complexity index is 2360. The van der Waals surface area contributed by atoms with Crippen LogP contribution in [-0.4, -0.2) is 57.0 Å². The predicted octanol–water partition coefficient (Wildman–Crippen LogP) is 14.3. The van der Waals surface area contributed by atoms with E-state index in [1.807, 2.05) is 24.3 Å². The molecule has 0 aromatic heterocycles. The van der Waals surface area contributed by atoms with Crippen LogP contribution in [-0.2, 0) is 13.3 Å². The molecular weight excluding hydrogens is 933 g/mol. The number of hydrogen-bond donors (Lipinski definition) is 0. The van der Waals surface area contributed by atoms with Crippen LogP contribution in [0.3, 0.4) is 0 Å². The first kappa shape index (κ1) is 58.2. The van der Waals surface area contributed by atoms with Gasteiger partial charge in [-0.15, -0.1) is 11.8 Å². The van der Waals surface area contributed by atoms with E-state index in [-0.39, 0.29) is 27.3 Å². The molecule has 0 fully saturated rings. The summed E-state index contributed by atoms with van der Waals surface area (Å²) < 4.78 is 33.6. The number of benzene rings is 5. The van der Waals surface area contributed by atoms with Crippen LogP contribution in [0.1, 0.15) is 133 Å². The molecule has 0 saturated carbocycles. The summed E-state index contributed by atoms with van der Waals surface area (Å²) >= 11 is 0. The van der Waals surface area contributed by atoms with Gasteiger partial charge in [-0.1, -0.05) is 208 Å². The Kier molecular flexibility index (Phi) is 22.3. The molecule has 5 nitrogen and oxygen atoms in total. The molecule has 2 atom stereocenters. The smallest absolute Gasteiger partial charge is 0.261 e. The van der Waals surface area contributed by atoms with Gasteiger partial charge in [0.05, 0.1) is 19.3 Å². The van der Waals surface area contributed by atoms with Crippen LogP contribution >= 0.6 is 0 Å². The summed E-state index contributed by atoms with van der Waals surface area (Å²) in [4.78, 5) is 0. The molecule has 0 saturated heterocycles. The lowest BCUT2D eigenvalue weighted by Gasteiger charge is -2.45. The van der Waals surface area contributed by atoms with Gasteiger partial charge < -0.3 is 22.8 Å². The Morgan fingerprint density at radius 2 is 0.847 bits per heavy atom. The third kappa shape index (κ3) is 16.4. The lowest BCUT2D eigenvalue weighted by atomic mass is 10.1. The van der Waals surface area contributed by atoms with Gasteiger partial charge in [0.1, 0.15) is 17.6 Å². The van der Waals surface area contributed by atoms with Crippen molar-refractivity contribution in [1.29, 1.82) is 0 Å². The summed E-state index contributed by atoms with van der Waals surface area (Å²) in [5, 5.41) is 5.17. The minimum atomic E-state index is -2.77. The van der Waals surface area contributed by atoms with E-state index < -0.39 is 25.0 Å². The maximum atomic E-state index is 7.65. The van der Waals surface area contributed by atoms with E-state index in [2.05, 4.69) is 227 Å². The summed E-state index contributed by atoms with van der Waals surface area (Å²) in [6, 6.07) is 51.6. The van der Waals surface area contributed by atoms with Crippen molar-refractivity contribution < 1.29 is 22.8 Å². The van der Waals surface area contributed by atoms with Crippen LogP contribution in [0.4, 0.5) is 0 Å². The van der Waals surface area contributed by atoms with Crippen molar-refractivity contribution >= 4 is 45.7 Å². The average Bonchev–Trinajstić information content (AvgIpc) is 3.34. The van der Waals surface area contributed by atoms with Gasteiger partial charge >= 0.3 is 0 Å². The van der Waals surface area contributed by atoms with Crippen LogP contribution < -0.4 is 30.2 Å². The van der Waals surface area contributed by atoms with Gasteiger partial charge in [0.15, 0.2) is 8.32 Å². The van der Waals surface area contributed by atoms with Crippen molar-refractivity contribution in [2.45, 2.75) is 174 Å². The highest BCUT2D eigenvalue weighted by Gasteiger charge is 2.52. The van der Waals surface area contributed by atoms with Gasteiger partial charge in [-0.2, -0.15) is 0 Å². The quantitative estimate of drug-likeness (QED) is 0.0331. The third-order valence-corrected chi connectivity index (χ3v) is 28.9. The molecular formula is C64H88O5Si3. The summed E-state index contributed by atoms with van der Waals surface area (Å²) in [6.07, 6.45) is 9.29. The first-order valence-corrected chi connectivity index (χ1v) is 33.5. The first-order chi connectivity index (χ1) is 34.3. The molecule has 0 amide bonds. The summed E-state index contributed by atoms with van der Waals surface area (Å²) in [6.45, 7) is 29.5. The lowest BCUT2D eigenvalue weighted by molar-refractivity contribution is 0.175. The average molecular weight is 1020 g/mol. The Hall–Kier alpha value is -4.65. The first-order valence-electron chi connectivity index (χ1n) is 26.8. The molecule has 0 N–H and O–H groups in total. The number of rotatable bonds is 25. The lowest BCUT2D eigenvalue weighted by Crippen LogP contribution is -2.67. The molecule has 5 rings (SSSR count). The van der Waals surface area contributed by atoms with Gasteiger partial charge in [0.25, 0.3) is 16.6 Å². The van der Waals surface area contributed by atoms with E-state index in [4.69, 9.17) is 22.8 Å². The molecule has 0 radical (unpaired) electrons. The molecule has 386 valence electrons. The van der Waals surface area contributed by atoms with E-state index in [1.165, 1.54) is 20.7 Å². The molecule has 5 aromatic carbocycles. The highest BCUT2D eigenvalue weighted by molar-refractivity contribution is 7.00. The van der Waals surface area contributed by atoms with E-state index in [0.29, 0.717) is 26.2 Å². The zero-order chi connectivity index (χ0) is 52.1. The summed E-state index contributed by atoms with van der Waals surface area (Å²) in [5.74, 6) is 15.6. The normalized spacial score (nSPS) is 13.3. The molecule has 0 bridgehead atoms. The van der Waals surface area contributed by atoms with Crippen LogP contribution in [0, 0.1) is 23.7 Å². The van der Waals surface area contributed by atoms with E-state index in [1.54, 1.807) is 0 Å². The van der Waals surface area contributed by atoms with E-state index >= 15 is 0 Å². The minimum absolute atomic E-state index is 0.0269. The zero-order valence-corrected chi connectivity index (χ0v) is 49.2. The van der Waals surface area contributed by atoms with Crippen molar-refractivity contribution in [3.05, 3.63) is 146 Å². The standard InChI is InChI=1S/C64H88O5Si3/c1-54(68-70(11,12)62(2,3)4)36-35-38-57(69-72(64(8,9)10,60-43-27-21-28-44-60)61-45-29-22-30-46-61)37-31-34-52-66-56-49-47-55(48-50-56)65-51-32-17-15-13-14-16-18-33-53-67-71(63(5,6)7,58-39-23-19-24-40-58)59-41-25-20-26-42-59/h19-30,39-50,54,57H,13-15,17,31-34,37-38,51-53H2,1-12H3. The molecule has 2 unspecified atom stereocenters. The number of ether oxygens (including phenoxy) is 2. The van der Waals surface area contributed by atoms with Crippen LogP contribution in [0.2, 0.25) is 28.2 Å². The van der Waals surface area contributed by atoms with Crippen LogP contribution in [0.25, 0.3) is 0 Å². The van der Waals surface area contributed by atoms with Crippen molar-refractivity contribution in [2.24, 2.45) is 0 Å². The summed E-state index contributed by atoms with van der Waals surface area (Å²) in [5.41, 5.74) is 0. The molecule has 8 heteroatoms. The Morgan fingerprint density at radius 3 is 1.29 bits per heavy atom. The molecule has 0 spiro atoms. The monoisotopic (exact) mass is 1020 g/mol. The second-order valence-electron chi connectivity index (χ2n) is 22.9. The second-order valence-corrected chi connectivity index (χ2v) is 36.2. The van der Waals surface area contributed by atoms with Crippen LogP contribution in [0.15, 0.2) is 146 Å². The maximum absolute atomic E-state index is 7.65. The van der Waals surface area contributed by atoms with Gasteiger partial charge in [-0.3, -0.25) is 0 Å². The summed E-state index contributed by atoms with van der Waals surface area (Å²) in [7, 11) is -7.24. The largest absolute Gasteiger partial charge is 0.494 e. The fraction of sp³-hybridized carbons (Fsp3) is 0.469. The third-order valence-electron chi connectivity index (χ3n) is 14.2. The van der Waals surface area contributed by atoms with E-state index in [9.17, 15) is 0 Å². The Balaban J connectivity index is 1.06. The molecule has 0 aliphatic carbocycles. The van der Waals surface area contributed by atoms with Crippen molar-refractivity contribution in [3.63, 3.8) is 0 Å². The van der Waals surface area contributed by atoms with Crippen LogP contribution in [0.5, 0.6) is 11.5 Å². The van der Waals surface area contributed by atoms with Gasteiger partial charge in [0, 0.05) is 25.9 Å². The predicted molar refractivity (Wildman–Crippen MR) is 313 cm³/mol. The maximum Gasteiger partial charge on any atom is 0.261 e. The highest BCUT2D eigenvalue weighted by atomic mass is 28.4. The van der Waals surface area contributed by atoms with Crippen molar-refractivity contribution in [1.82, 2.24) is 0 Å². The topological polar surface area (TPSA) is 46.2 Å². The molecule has 5 aromatic rings. The molecule has 0 heterocycles. The molecule has 72 heavy (non-hydrogen) atoms. The second kappa shape index (κ2) is 27.6. The van der Waals surface area contributed by atoms with E-state index in [0.717, 1.165) is 69.3 Å². The SMILES string of the molecule is CC(C#CCC(CCCCOc1ccc(OCCCCCCC#CCCO[Si](c2ccccc2)(c2ccccc2)C(C)(C)C)cc1)O[Si](c1ccccc1)(c1ccccc1)C(C)(C)C)O[Si](C)(C)C(C)(C)C. The van der Waals surface area contributed by atoms with Gasteiger partial charge in [-0.25, -0.2) is 0 Å². The Labute approximate surface area is 440 Å². The molecule has 0 aliphatic heterocycles. The fourth-order valence-corrected chi connectivity index (χ4v) is 20.0. The van der Waals surface area contributed by atoms with Gasteiger partial charge in [0.2, 0.25) is 0 Å². The number of hydrogen-bond acceptors (Lipinski definition) is 5. The number of unbranched alkanes of at least 4 members (excludes halogenated alkanes) is 5. The Morgan fingerprint density at radius 1 is 0.431 bits per heavy atom.